The third kappa shape index (κ3) is 4.49. The van der Waals surface area contributed by atoms with E-state index in [1.807, 2.05) is 30.3 Å². The molecule has 0 bridgehead atoms. The summed E-state index contributed by atoms with van der Waals surface area (Å²) in [5, 5.41) is 0. The van der Waals surface area contributed by atoms with Gasteiger partial charge < -0.3 is 19.1 Å². The van der Waals surface area contributed by atoms with E-state index in [0.29, 0.717) is 32.7 Å². The van der Waals surface area contributed by atoms with Crippen molar-refractivity contribution >= 4 is 17.8 Å². The van der Waals surface area contributed by atoms with Crippen LogP contribution in [0.5, 0.6) is 0 Å². The maximum Gasteiger partial charge on any atom is 0.410 e. The van der Waals surface area contributed by atoms with Gasteiger partial charge in [0, 0.05) is 31.2 Å². The lowest BCUT2D eigenvalue weighted by molar-refractivity contribution is -0.150. The topological polar surface area (TPSA) is 85.4 Å². The number of amides is 1. The predicted molar refractivity (Wildman–Crippen MR) is 107 cm³/mol. The first kappa shape index (κ1) is 20.8. The van der Waals surface area contributed by atoms with Crippen molar-refractivity contribution < 1.29 is 28.6 Å². The van der Waals surface area contributed by atoms with Crippen LogP contribution < -0.4 is 0 Å². The largest absolute Gasteiger partial charge is 0.462 e. The maximum atomic E-state index is 12.9. The monoisotopic (exact) mass is 416 g/mol. The molecule has 0 saturated carbocycles. The smallest absolute Gasteiger partial charge is 0.410 e. The zero-order valence-corrected chi connectivity index (χ0v) is 17.0. The van der Waals surface area contributed by atoms with Crippen molar-refractivity contribution in [2.45, 2.75) is 31.3 Å². The minimum Gasteiger partial charge on any atom is -0.462 e. The van der Waals surface area contributed by atoms with Crippen molar-refractivity contribution in [3.05, 3.63) is 35.9 Å². The molecule has 1 aromatic rings. The molecule has 3 heterocycles. The highest BCUT2D eigenvalue weighted by Gasteiger charge is 2.48. The SMILES string of the molecule is O=C(OCCOC(=O)N1CCOCC1)C1CCN2C(C(=O)c3ccccc3)CCC12. The van der Waals surface area contributed by atoms with Gasteiger partial charge in [0.05, 0.1) is 25.2 Å². The van der Waals surface area contributed by atoms with Crippen molar-refractivity contribution in [2.75, 3.05) is 46.1 Å². The molecule has 3 fully saturated rings. The zero-order chi connectivity index (χ0) is 20.9. The van der Waals surface area contributed by atoms with E-state index in [9.17, 15) is 14.4 Å². The van der Waals surface area contributed by atoms with E-state index < -0.39 is 6.09 Å². The van der Waals surface area contributed by atoms with Gasteiger partial charge in [-0.05, 0) is 19.3 Å². The summed E-state index contributed by atoms with van der Waals surface area (Å²) in [6.07, 6.45) is 1.86. The predicted octanol–water partition coefficient (Wildman–Crippen LogP) is 1.73. The minimum atomic E-state index is -0.403. The standard InChI is InChI=1S/C22H28N2O6/c25-20(16-4-2-1-3-5-16)19-7-6-18-17(8-9-24(18)19)21(26)29-14-15-30-22(27)23-10-12-28-13-11-23/h1-5,17-19H,6-15H2. The summed E-state index contributed by atoms with van der Waals surface area (Å²) in [4.78, 5) is 41.1. The van der Waals surface area contributed by atoms with Gasteiger partial charge in [0.2, 0.25) is 0 Å². The van der Waals surface area contributed by atoms with Crippen LogP contribution in [0.15, 0.2) is 30.3 Å². The fraction of sp³-hybridized carbons (Fsp3) is 0.591. The number of carbonyl (C=O) groups excluding carboxylic acids is 3. The number of benzene rings is 1. The Morgan fingerprint density at radius 3 is 2.43 bits per heavy atom. The number of fused-ring (bicyclic) bond motifs is 1. The lowest BCUT2D eigenvalue weighted by Gasteiger charge is -2.26. The molecule has 8 heteroatoms. The van der Waals surface area contributed by atoms with Crippen LogP contribution in [0.2, 0.25) is 0 Å². The van der Waals surface area contributed by atoms with Gasteiger partial charge in [0.15, 0.2) is 5.78 Å². The number of ketones is 1. The van der Waals surface area contributed by atoms with Crippen LogP contribution in [0.1, 0.15) is 29.6 Å². The summed E-state index contributed by atoms with van der Waals surface area (Å²) in [5.74, 6) is -0.367. The number of hydrogen-bond donors (Lipinski definition) is 0. The average Bonchev–Trinajstić information content (AvgIpc) is 3.39. The molecule has 8 nitrogen and oxygen atoms in total. The molecule has 4 rings (SSSR count). The van der Waals surface area contributed by atoms with E-state index in [4.69, 9.17) is 14.2 Å². The molecule has 0 spiro atoms. The van der Waals surface area contributed by atoms with Crippen LogP contribution >= 0.6 is 0 Å². The third-order valence-electron chi connectivity index (χ3n) is 6.21. The van der Waals surface area contributed by atoms with Gasteiger partial charge in [-0.2, -0.15) is 0 Å². The van der Waals surface area contributed by atoms with E-state index in [2.05, 4.69) is 4.90 Å². The number of ether oxygens (including phenoxy) is 3. The zero-order valence-electron chi connectivity index (χ0n) is 17.0. The number of rotatable bonds is 6. The quantitative estimate of drug-likeness (QED) is 0.397. The highest BCUT2D eigenvalue weighted by atomic mass is 16.6. The average molecular weight is 416 g/mol. The Labute approximate surface area is 176 Å². The molecule has 0 N–H and O–H groups in total. The number of morpholine rings is 1. The molecule has 162 valence electrons. The molecule has 0 aromatic heterocycles. The van der Waals surface area contributed by atoms with E-state index >= 15 is 0 Å². The summed E-state index contributed by atoms with van der Waals surface area (Å²) in [5.41, 5.74) is 0.719. The fourth-order valence-electron chi connectivity index (χ4n) is 4.69. The van der Waals surface area contributed by atoms with Crippen molar-refractivity contribution in [1.29, 1.82) is 0 Å². The van der Waals surface area contributed by atoms with Gasteiger partial charge in [0.25, 0.3) is 0 Å². The fourth-order valence-corrected chi connectivity index (χ4v) is 4.69. The van der Waals surface area contributed by atoms with Gasteiger partial charge in [-0.3, -0.25) is 14.5 Å². The van der Waals surface area contributed by atoms with Crippen LogP contribution in [0.25, 0.3) is 0 Å². The van der Waals surface area contributed by atoms with Gasteiger partial charge in [-0.25, -0.2) is 4.79 Å². The van der Waals surface area contributed by atoms with Gasteiger partial charge >= 0.3 is 12.1 Å². The molecule has 3 unspecified atom stereocenters. The second-order valence-corrected chi connectivity index (χ2v) is 7.91. The Bertz CT molecular complexity index is 764. The number of Topliss-reactive ketones (excluding diaryl/α,β-unsaturated/α-hetero) is 1. The number of carbonyl (C=O) groups is 3. The first-order valence-corrected chi connectivity index (χ1v) is 10.7. The molecule has 3 atom stereocenters. The van der Waals surface area contributed by atoms with Crippen molar-refractivity contribution in [2.24, 2.45) is 5.92 Å². The molecule has 0 radical (unpaired) electrons. The number of nitrogens with zero attached hydrogens (tertiary/aromatic N) is 2. The van der Waals surface area contributed by atoms with Crippen LogP contribution in [0.4, 0.5) is 4.79 Å². The summed E-state index contributed by atoms with van der Waals surface area (Å²) in [6.45, 7) is 2.86. The summed E-state index contributed by atoms with van der Waals surface area (Å²) in [7, 11) is 0. The van der Waals surface area contributed by atoms with Crippen LogP contribution in [-0.4, -0.2) is 85.8 Å². The maximum absolute atomic E-state index is 12.9. The molecule has 3 aliphatic rings. The van der Waals surface area contributed by atoms with Gasteiger partial charge in [0.1, 0.15) is 13.2 Å². The highest BCUT2D eigenvalue weighted by molar-refractivity contribution is 6.00. The van der Waals surface area contributed by atoms with E-state index in [1.165, 1.54) is 0 Å². The Kier molecular flexibility index (Phi) is 6.64. The second kappa shape index (κ2) is 9.57. The second-order valence-electron chi connectivity index (χ2n) is 7.91. The summed E-state index contributed by atoms with van der Waals surface area (Å²) < 4.78 is 15.8. The van der Waals surface area contributed by atoms with Gasteiger partial charge in [-0.15, -0.1) is 0 Å². The van der Waals surface area contributed by atoms with Crippen LogP contribution in [0, 0.1) is 5.92 Å². The third-order valence-corrected chi connectivity index (χ3v) is 6.21. The Balaban J connectivity index is 1.22. The molecular formula is C22H28N2O6. The first-order valence-electron chi connectivity index (χ1n) is 10.7. The molecular weight excluding hydrogens is 388 g/mol. The number of hydrogen-bond acceptors (Lipinski definition) is 7. The van der Waals surface area contributed by atoms with Crippen LogP contribution in [-0.2, 0) is 19.0 Å². The molecule has 1 amide bonds. The molecule has 1 aromatic carbocycles. The summed E-state index contributed by atoms with van der Waals surface area (Å²) in [6, 6.07) is 9.21. The molecule has 3 saturated heterocycles. The highest BCUT2D eigenvalue weighted by Crippen LogP contribution is 2.38. The molecule has 0 aliphatic carbocycles. The van der Waals surface area contributed by atoms with Crippen LogP contribution in [0.3, 0.4) is 0 Å². The lowest BCUT2D eigenvalue weighted by Crippen LogP contribution is -2.41. The van der Waals surface area contributed by atoms with Crippen molar-refractivity contribution in [3.63, 3.8) is 0 Å². The minimum absolute atomic E-state index is 0.0398. The molecule has 3 aliphatic heterocycles. The normalized spacial score (nSPS) is 26.3. The Morgan fingerprint density at radius 2 is 1.67 bits per heavy atom. The lowest BCUT2D eigenvalue weighted by atomic mass is 9.97. The van der Waals surface area contributed by atoms with E-state index in [-0.39, 0.29) is 43.0 Å². The number of esters is 1. The van der Waals surface area contributed by atoms with Gasteiger partial charge in [-0.1, -0.05) is 30.3 Å². The van der Waals surface area contributed by atoms with E-state index in [1.54, 1.807) is 4.90 Å². The Morgan fingerprint density at radius 1 is 0.933 bits per heavy atom. The first-order chi connectivity index (χ1) is 14.6. The Hall–Kier alpha value is -2.45. The van der Waals surface area contributed by atoms with Crippen molar-refractivity contribution in [3.8, 4) is 0 Å². The summed E-state index contributed by atoms with van der Waals surface area (Å²) >= 11 is 0. The van der Waals surface area contributed by atoms with Crippen molar-refractivity contribution in [1.82, 2.24) is 9.80 Å². The van der Waals surface area contributed by atoms with E-state index in [0.717, 1.165) is 24.9 Å². The molecule has 30 heavy (non-hydrogen) atoms.